The first-order valence-electron chi connectivity index (χ1n) is 11.3. The van der Waals surface area contributed by atoms with E-state index in [9.17, 15) is 40.5 Å². The minimum atomic E-state index is -0.621. The van der Waals surface area contributed by atoms with Crippen molar-refractivity contribution in [2.75, 3.05) is 0 Å². The topological polar surface area (TPSA) is 222 Å². The van der Waals surface area contributed by atoms with Crippen molar-refractivity contribution in [1.29, 1.82) is 0 Å². The standard InChI is InChI=1S/C24H14N8O8S2/c33-29(34)19-7-1-15(2-8-19)25-27-17-5-11-23(21(13-17)31(37)38)41-42-24-12-6-18(14-22(24)32(39)40)28-26-16-3-9-20(10-4-16)30(35)36/h1-14H. The molecule has 0 amide bonds. The molecular weight excluding hydrogens is 592 g/mol. The lowest BCUT2D eigenvalue weighted by molar-refractivity contribution is -0.387. The quantitative estimate of drug-likeness (QED) is 0.0681. The van der Waals surface area contributed by atoms with Gasteiger partial charge in [0.05, 0.1) is 52.2 Å². The van der Waals surface area contributed by atoms with E-state index in [0.29, 0.717) is 11.4 Å². The molecule has 16 nitrogen and oxygen atoms in total. The van der Waals surface area contributed by atoms with Crippen molar-refractivity contribution in [1.82, 2.24) is 0 Å². The molecule has 0 aliphatic rings. The van der Waals surface area contributed by atoms with Gasteiger partial charge in [0.25, 0.3) is 22.7 Å². The van der Waals surface area contributed by atoms with E-state index in [1.165, 1.54) is 84.9 Å². The summed E-state index contributed by atoms with van der Waals surface area (Å²) >= 11 is 0. The summed E-state index contributed by atoms with van der Waals surface area (Å²) in [4.78, 5) is 43.0. The van der Waals surface area contributed by atoms with Crippen LogP contribution in [-0.4, -0.2) is 19.7 Å². The lowest BCUT2D eigenvalue weighted by Gasteiger charge is -2.05. The zero-order chi connectivity index (χ0) is 30.2. The molecule has 0 aliphatic carbocycles. The van der Waals surface area contributed by atoms with E-state index in [-0.39, 0.29) is 43.9 Å². The van der Waals surface area contributed by atoms with Gasteiger partial charge in [-0.15, -0.1) is 0 Å². The third-order valence-corrected chi connectivity index (χ3v) is 7.64. The van der Waals surface area contributed by atoms with Crippen LogP contribution in [0.15, 0.2) is 115 Å². The Bertz CT molecular complexity index is 1620. The minimum Gasteiger partial charge on any atom is -0.258 e. The molecule has 0 spiro atoms. The van der Waals surface area contributed by atoms with E-state index < -0.39 is 19.7 Å². The summed E-state index contributed by atoms with van der Waals surface area (Å²) in [6.45, 7) is 0. The molecule has 0 fully saturated rings. The maximum Gasteiger partial charge on any atom is 0.285 e. The normalized spacial score (nSPS) is 11.1. The highest BCUT2D eigenvalue weighted by atomic mass is 33.1. The van der Waals surface area contributed by atoms with Gasteiger partial charge in [-0.3, -0.25) is 40.5 Å². The van der Waals surface area contributed by atoms with E-state index in [1.54, 1.807) is 0 Å². The van der Waals surface area contributed by atoms with Gasteiger partial charge < -0.3 is 0 Å². The Morgan fingerprint density at radius 2 is 0.738 bits per heavy atom. The molecule has 0 radical (unpaired) electrons. The molecule has 0 bridgehead atoms. The molecule has 18 heteroatoms. The monoisotopic (exact) mass is 606 g/mol. The Labute approximate surface area is 242 Å². The number of azo groups is 2. The number of nitrogens with zero attached hydrogens (tertiary/aromatic N) is 8. The van der Waals surface area contributed by atoms with Crippen molar-refractivity contribution in [3.8, 4) is 0 Å². The Morgan fingerprint density at radius 1 is 0.429 bits per heavy atom. The summed E-state index contributed by atoms with van der Waals surface area (Å²) in [5.41, 5.74) is 0.0782. The van der Waals surface area contributed by atoms with Crippen molar-refractivity contribution in [2.45, 2.75) is 9.79 Å². The fourth-order valence-electron chi connectivity index (χ4n) is 3.16. The van der Waals surface area contributed by atoms with E-state index in [2.05, 4.69) is 20.5 Å². The van der Waals surface area contributed by atoms with E-state index in [4.69, 9.17) is 0 Å². The zero-order valence-corrected chi connectivity index (χ0v) is 22.4. The van der Waals surface area contributed by atoms with Crippen LogP contribution in [0.5, 0.6) is 0 Å². The van der Waals surface area contributed by atoms with Gasteiger partial charge in [0.1, 0.15) is 0 Å². The second-order valence-corrected chi connectivity index (χ2v) is 10.1. The first-order chi connectivity index (χ1) is 20.1. The molecule has 0 aromatic heterocycles. The Morgan fingerprint density at radius 3 is 1.05 bits per heavy atom. The Hall–Kier alpha value is -5.62. The van der Waals surface area contributed by atoms with Gasteiger partial charge in [0, 0.05) is 36.4 Å². The van der Waals surface area contributed by atoms with Gasteiger partial charge in [-0.1, -0.05) is 0 Å². The number of hydrogen-bond acceptors (Lipinski definition) is 14. The molecular formula is C24H14N8O8S2. The highest BCUT2D eigenvalue weighted by Crippen LogP contribution is 2.46. The van der Waals surface area contributed by atoms with E-state index in [1.807, 2.05) is 0 Å². The lowest BCUT2D eigenvalue weighted by atomic mass is 10.3. The van der Waals surface area contributed by atoms with Crippen LogP contribution < -0.4 is 0 Å². The second kappa shape index (κ2) is 13.2. The summed E-state index contributed by atoms with van der Waals surface area (Å²) in [7, 11) is 1.87. The first-order valence-corrected chi connectivity index (χ1v) is 13.5. The van der Waals surface area contributed by atoms with Gasteiger partial charge in [0.15, 0.2) is 0 Å². The molecule has 4 aromatic carbocycles. The highest BCUT2D eigenvalue weighted by Gasteiger charge is 2.20. The summed E-state index contributed by atoms with van der Waals surface area (Å²) in [5, 5.41) is 60.7. The SMILES string of the molecule is O=[N+]([O-])c1ccc(N=Nc2ccc(SSc3ccc(N=Nc4ccc([N+](=O)[O-])cc4)cc3[N+](=O)[O-])c([N+](=O)[O-])c2)cc1. The van der Waals surface area contributed by atoms with E-state index >= 15 is 0 Å². The largest absolute Gasteiger partial charge is 0.285 e. The van der Waals surface area contributed by atoms with Crippen LogP contribution in [-0.2, 0) is 0 Å². The zero-order valence-electron chi connectivity index (χ0n) is 20.7. The number of benzene rings is 4. The highest BCUT2D eigenvalue weighted by molar-refractivity contribution is 8.76. The van der Waals surface area contributed by atoms with Crippen molar-refractivity contribution in [3.05, 3.63) is 125 Å². The van der Waals surface area contributed by atoms with Crippen LogP contribution in [0.3, 0.4) is 0 Å². The number of rotatable bonds is 11. The molecule has 0 unspecified atom stereocenters. The minimum absolute atomic E-state index is 0.120. The van der Waals surface area contributed by atoms with Crippen LogP contribution in [0, 0.1) is 40.5 Å². The molecule has 0 atom stereocenters. The predicted octanol–water partition coefficient (Wildman–Crippen LogP) is 8.95. The molecule has 4 aromatic rings. The van der Waals surface area contributed by atoms with Crippen molar-refractivity contribution in [2.24, 2.45) is 20.5 Å². The lowest BCUT2D eigenvalue weighted by Crippen LogP contribution is -1.91. The van der Waals surface area contributed by atoms with Crippen LogP contribution >= 0.6 is 21.6 Å². The second-order valence-electron chi connectivity index (χ2n) is 7.93. The van der Waals surface area contributed by atoms with Crippen LogP contribution in [0.25, 0.3) is 0 Å². The van der Waals surface area contributed by atoms with Crippen molar-refractivity contribution in [3.63, 3.8) is 0 Å². The van der Waals surface area contributed by atoms with Gasteiger partial charge in [-0.05, 0) is 70.1 Å². The number of non-ortho nitro benzene ring substituents is 2. The third kappa shape index (κ3) is 7.52. The molecule has 4 rings (SSSR count). The Kier molecular flexibility index (Phi) is 9.20. The average molecular weight is 607 g/mol. The predicted molar refractivity (Wildman–Crippen MR) is 152 cm³/mol. The molecule has 42 heavy (non-hydrogen) atoms. The molecule has 0 heterocycles. The number of nitro benzene ring substituents is 4. The summed E-state index contributed by atoms with van der Waals surface area (Å²) in [6, 6.07) is 18.7. The Balaban J connectivity index is 1.49. The molecule has 210 valence electrons. The maximum absolute atomic E-state index is 11.7. The van der Waals surface area contributed by atoms with Gasteiger partial charge in [-0.25, -0.2) is 0 Å². The molecule has 0 saturated heterocycles. The van der Waals surface area contributed by atoms with E-state index in [0.717, 1.165) is 21.6 Å². The molecule has 0 saturated carbocycles. The molecule has 0 aliphatic heterocycles. The molecule has 0 N–H and O–H groups in total. The van der Waals surface area contributed by atoms with Crippen LogP contribution in [0.2, 0.25) is 0 Å². The smallest absolute Gasteiger partial charge is 0.258 e. The number of nitro groups is 4. The number of hydrogen-bond donors (Lipinski definition) is 0. The van der Waals surface area contributed by atoms with Gasteiger partial charge in [-0.2, -0.15) is 20.5 Å². The van der Waals surface area contributed by atoms with Gasteiger partial charge >= 0.3 is 0 Å². The van der Waals surface area contributed by atoms with Crippen molar-refractivity contribution < 1.29 is 19.7 Å². The van der Waals surface area contributed by atoms with Crippen LogP contribution in [0.4, 0.5) is 45.5 Å². The average Bonchev–Trinajstić information content (AvgIpc) is 2.98. The third-order valence-electron chi connectivity index (χ3n) is 5.18. The fourth-order valence-corrected chi connectivity index (χ4v) is 5.41. The fraction of sp³-hybridized carbons (Fsp3) is 0. The maximum atomic E-state index is 11.7. The summed E-state index contributed by atoms with van der Waals surface area (Å²) < 4.78 is 0. The van der Waals surface area contributed by atoms with Crippen molar-refractivity contribution >= 4 is 67.1 Å². The van der Waals surface area contributed by atoms with Gasteiger partial charge in [0.2, 0.25) is 0 Å². The summed E-state index contributed by atoms with van der Waals surface area (Å²) in [6.07, 6.45) is 0. The van der Waals surface area contributed by atoms with Crippen LogP contribution in [0.1, 0.15) is 0 Å². The first kappa shape index (κ1) is 29.4. The summed E-state index contributed by atoms with van der Waals surface area (Å²) in [5.74, 6) is 0.